The minimum atomic E-state index is -0.694. The number of ether oxygens (including phenoxy) is 1. The van der Waals surface area contributed by atoms with Crippen LogP contribution in [0.5, 0.6) is 0 Å². The van der Waals surface area contributed by atoms with Gasteiger partial charge in [-0.05, 0) is 31.9 Å². The Labute approximate surface area is 127 Å². The number of aliphatic hydroxyl groups is 1. The van der Waals surface area contributed by atoms with Crippen molar-refractivity contribution in [1.82, 2.24) is 10.2 Å². The van der Waals surface area contributed by atoms with Gasteiger partial charge in [0.05, 0.1) is 6.61 Å². The smallest absolute Gasteiger partial charge is 0.100 e. The molecule has 2 N–H and O–H groups in total. The molecule has 2 saturated heterocycles. The fourth-order valence-electron chi connectivity index (χ4n) is 3.60. The second-order valence-corrected chi connectivity index (χ2v) is 6.49. The molecule has 3 atom stereocenters. The van der Waals surface area contributed by atoms with Crippen molar-refractivity contribution in [2.75, 3.05) is 33.4 Å². The maximum absolute atomic E-state index is 10.6. The number of nitrogens with zero attached hydrogens (tertiary/aromatic N) is 1. The zero-order chi connectivity index (χ0) is 14.7. The summed E-state index contributed by atoms with van der Waals surface area (Å²) in [6.45, 7) is 2.95. The summed E-state index contributed by atoms with van der Waals surface area (Å²) in [6, 6.07) is 11.4. The van der Waals surface area contributed by atoms with Crippen molar-refractivity contribution in [2.45, 2.75) is 36.9 Å². The van der Waals surface area contributed by atoms with E-state index >= 15 is 0 Å². The molecule has 3 unspecified atom stereocenters. The first-order valence-electron chi connectivity index (χ1n) is 7.97. The summed E-state index contributed by atoms with van der Waals surface area (Å²) in [5.74, 6) is 0. The lowest BCUT2D eigenvalue weighted by Gasteiger charge is -2.34. The summed E-state index contributed by atoms with van der Waals surface area (Å²) in [5, 5.41) is 14.2. The summed E-state index contributed by atoms with van der Waals surface area (Å²) in [5.41, 5.74) is 0.655. The normalized spacial score (nSPS) is 34.2. The molecule has 0 saturated carbocycles. The number of benzene rings is 1. The lowest BCUT2D eigenvalue weighted by atomic mass is 9.94. The van der Waals surface area contributed by atoms with Gasteiger partial charge in [-0.15, -0.1) is 0 Å². The average Bonchev–Trinajstić information content (AvgIpc) is 2.88. The van der Waals surface area contributed by atoms with Crippen molar-refractivity contribution in [1.29, 1.82) is 0 Å². The van der Waals surface area contributed by atoms with Gasteiger partial charge >= 0.3 is 0 Å². The number of rotatable bonds is 4. The van der Waals surface area contributed by atoms with Crippen LogP contribution in [0.25, 0.3) is 0 Å². The van der Waals surface area contributed by atoms with Gasteiger partial charge in [0, 0.05) is 31.8 Å². The van der Waals surface area contributed by atoms with Crippen LogP contribution < -0.4 is 5.32 Å². The van der Waals surface area contributed by atoms with E-state index in [0.29, 0.717) is 25.2 Å². The molecular weight excluding hydrogens is 264 g/mol. The van der Waals surface area contributed by atoms with Crippen molar-refractivity contribution in [3.05, 3.63) is 35.9 Å². The molecule has 0 aromatic heterocycles. The van der Waals surface area contributed by atoms with Crippen molar-refractivity contribution in [3.8, 4) is 0 Å². The third kappa shape index (κ3) is 3.46. The Morgan fingerprint density at radius 2 is 2.19 bits per heavy atom. The molecule has 0 radical (unpaired) electrons. The molecular formula is C17H26N2O2. The van der Waals surface area contributed by atoms with Gasteiger partial charge in [-0.25, -0.2) is 0 Å². The van der Waals surface area contributed by atoms with E-state index in [9.17, 15) is 5.11 Å². The van der Waals surface area contributed by atoms with Gasteiger partial charge in [-0.1, -0.05) is 30.3 Å². The van der Waals surface area contributed by atoms with Crippen molar-refractivity contribution >= 4 is 0 Å². The van der Waals surface area contributed by atoms with Gasteiger partial charge in [-0.2, -0.15) is 0 Å². The minimum Gasteiger partial charge on any atom is -0.386 e. The van der Waals surface area contributed by atoms with E-state index in [1.165, 1.54) is 5.56 Å². The summed E-state index contributed by atoms with van der Waals surface area (Å²) < 4.78 is 5.43. The van der Waals surface area contributed by atoms with Gasteiger partial charge in [0.25, 0.3) is 0 Å². The van der Waals surface area contributed by atoms with Gasteiger partial charge in [-0.3, -0.25) is 4.90 Å². The van der Waals surface area contributed by atoms with Crippen LogP contribution in [0.2, 0.25) is 0 Å². The number of likely N-dealkylation sites (tertiary alicyclic amines) is 1. The molecule has 4 nitrogen and oxygen atoms in total. The van der Waals surface area contributed by atoms with Crippen LogP contribution in [0.3, 0.4) is 0 Å². The largest absolute Gasteiger partial charge is 0.386 e. The summed E-state index contributed by atoms with van der Waals surface area (Å²) in [6.07, 6.45) is 2.90. The molecule has 4 heteroatoms. The zero-order valence-corrected chi connectivity index (χ0v) is 12.8. The quantitative estimate of drug-likeness (QED) is 0.883. The van der Waals surface area contributed by atoms with Crippen molar-refractivity contribution in [3.63, 3.8) is 0 Å². The van der Waals surface area contributed by atoms with E-state index in [2.05, 4.69) is 47.6 Å². The highest BCUT2D eigenvalue weighted by Crippen LogP contribution is 2.31. The molecule has 116 valence electrons. The summed E-state index contributed by atoms with van der Waals surface area (Å²) in [4.78, 5) is 2.40. The third-order valence-electron chi connectivity index (χ3n) is 4.78. The molecule has 2 heterocycles. The molecule has 2 aliphatic rings. The van der Waals surface area contributed by atoms with Crippen LogP contribution in [0.4, 0.5) is 0 Å². The van der Waals surface area contributed by atoms with Gasteiger partial charge in [0.15, 0.2) is 0 Å². The fourth-order valence-corrected chi connectivity index (χ4v) is 3.60. The molecule has 2 aliphatic heterocycles. The Hall–Kier alpha value is -0.940. The van der Waals surface area contributed by atoms with Gasteiger partial charge in [0.2, 0.25) is 0 Å². The molecule has 0 spiro atoms. The lowest BCUT2D eigenvalue weighted by Crippen LogP contribution is -2.50. The van der Waals surface area contributed by atoms with Gasteiger partial charge in [0.1, 0.15) is 5.60 Å². The molecule has 0 amide bonds. The van der Waals surface area contributed by atoms with Crippen LogP contribution in [-0.4, -0.2) is 55.0 Å². The lowest BCUT2D eigenvalue weighted by molar-refractivity contribution is -0.0846. The molecule has 0 bridgehead atoms. The van der Waals surface area contributed by atoms with E-state index in [4.69, 9.17) is 4.74 Å². The molecule has 1 aromatic rings. The maximum Gasteiger partial charge on any atom is 0.100 e. The predicted molar refractivity (Wildman–Crippen MR) is 83.2 cm³/mol. The van der Waals surface area contributed by atoms with E-state index in [1.807, 2.05) is 0 Å². The standard InChI is InChI=1S/C17H26N2O2/c1-19-10-8-15(16(19)14-6-3-2-4-7-14)18-12-17(20)9-5-11-21-13-17/h2-4,6-7,15-16,18,20H,5,8-13H2,1H3. The van der Waals surface area contributed by atoms with E-state index in [1.54, 1.807) is 0 Å². The number of nitrogens with one attached hydrogen (secondary N) is 1. The Morgan fingerprint density at radius 3 is 2.90 bits per heavy atom. The molecule has 0 aliphatic carbocycles. The first-order chi connectivity index (χ1) is 10.2. The van der Waals surface area contributed by atoms with E-state index < -0.39 is 5.60 Å². The Bertz CT molecular complexity index is 445. The minimum absolute atomic E-state index is 0.388. The second kappa shape index (κ2) is 6.44. The topological polar surface area (TPSA) is 44.7 Å². The van der Waals surface area contributed by atoms with Crippen LogP contribution >= 0.6 is 0 Å². The number of hydrogen-bond donors (Lipinski definition) is 2. The summed E-state index contributed by atoms with van der Waals surface area (Å²) >= 11 is 0. The number of likely N-dealkylation sites (N-methyl/N-ethyl adjacent to an activating group) is 1. The SMILES string of the molecule is CN1CCC(NCC2(O)CCCOC2)C1c1ccccc1. The zero-order valence-electron chi connectivity index (χ0n) is 12.8. The molecule has 3 rings (SSSR count). The Morgan fingerprint density at radius 1 is 1.38 bits per heavy atom. The van der Waals surface area contributed by atoms with E-state index in [-0.39, 0.29) is 0 Å². The Kier molecular flexibility index (Phi) is 4.60. The van der Waals surface area contributed by atoms with Crippen LogP contribution in [0, 0.1) is 0 Å². The highest BCUT2D eigenvalue weighted by Gasteiger charge is 2.36. The molecule has 1 aromatic carbocycles. The van der Waals surface area contributed by atoms with Crippen molar-refractivity contribution < 1.29 is 9.84 Å². The maximum atomic E-state index is 10.6. The average molecular weight is 290 g/mol. The highest BCUT2D eigenvalue weighted by molar-refractivity contribution is 5.22. The monoisotopic (exact) mass is 290 g/mol. The van der Waals surface area contributed by atoms with Crippen LogP contribution in [0.15, 0.2) is 30.3 Å². The summed E-state index contributed by atoms with van der Waals surface area (Å²) in [7, 11) is 2.18. The first kappa shape index (κ1) is 15.0. The third-order valence-corrected chi connectivity index (χ3v) is 4.78. The Balaban J connectivity index is 1.64. The van der Waals surface area contributed by atoms with Crippen LogP contribution in [-0.2, 0) is 4.74 Å². The predicted octanol–water partition coefficient (Wildman–Crippen LogP) is 1.56. The number of hydrogen-bond acceptors (Lipinski definition) is 4. The van der Waals surface area contributed by atoms with Gasteiger partial charge < -0.3 is 15.2 Å². The highest BCUT2D eigenvalue weighted by atomic mass is 16.5. The fraction of sp³-hybridized carbons (Fsp3) is 0.647. The van der Waals surface area contributed by atoms with E-state index in [0.717, 1.165) is 32.4 Å². The van der Waals surface area contributed by atoms with Crippen molar-refractivity contribution in [2.24, 2.45) is 0 Å². The molecule has 21 heavy (non-hydrogen) atoms. The molecule has 2 fully saturated rings. The first-order valence-corrected chi connectivity index (χ1v) is 7.97. The second-order valence-electron chi connectivity index (χ2n) is 6.49. The van der Waals surface area contributed by atoms with Crippen LogP contribution in [0.1, 0.15) is 30.9 Å².